The van der Waals surface area contributed by atoms with Gasteiger partial charge in [-0.3, -0.25) is 4.79 Å². The Morgan fingerprint density at radius 2 is 2.00 bits per heavy atom. The van der Waals surface area contributed by atoms with Gasteiger partial charge in [-0.15, -0.1) is 0 Å². The number of ether oxygens (including phenoxy) is 1. The summed E-state index contributed by atoms with van der Waals surface area (Å²) in [6.45, 7) is 5.99. The van der Waals surface area contributed by atoms with Gasteiger partial charge in [-0.05, 0) is 45.4 Å². The summed E-state index contributed by atoms with van der Waals surface area (Å²) in [6.07, 6.45) is 6.70. The van der Waals surface area contributed by atoms with Crippen LogP contribution >= 0.6 is 0 Å². The van der Waals surface area contributed by atoms with Crippen LogP contribution in [-0.4, -0.2) is 18.0 Å². The number of ketones is 1. The van der Waals surface area contributed by atoms with Crippen molar-refractivity contribution in [2.24, 2.45) is 16.7 Å². The van der Waals surface area contributed by atoms with Gasteiger partial charge < -0.3 is 4.74 Å². The highest BCUT2D eigenvalue weighted by molar-refractivity contribution is 6.04. The predicted molar refractivity (Wildman–Crippen MR) is 71.2 cm³/mol. The third-order valence-electron chi connectivity index (χ3n) is 5.10. The van der Waals surface area contributed by atoms with Crippen molar-refractivity contribution >= 4 is 5.78 Å². The zero-order valence-corrected chi connectivity index (χ0v) is 11.9. The maximum Gasteiger partial charge on any atom is 0.181 e. The van der Waals surface area contributed by atoms with E-state index in [4.69, 9.17) is 10.00 Å². The Morgan fingerprint density at radius 1 is 1.32 bits per heavy atom. The molecule has 102 valence electrons. The van der Waals surface area contributed by atoms with E-state index in [9.17, 15) is 4.79 Å². The smallest absolute Gasteiger partial charge is 0.181 e. The Kier molecular flexibility index (Phi) is 2.66. The second kappa shape index (κ2) is 3.93. The third-order valence-corrected chi connectivity index (χ3v) is 5.10. The van der Waals surface area contributed by atoms with Gasteiger partial charge in [0.2, 0.25) is 0 Å². The van der Waals surface area contributed by atoms with Gasteiger partial charge in [0.05, 0.1) is 23.2 Å². The van der Waals surface area contributed by atoms with E-state index < -0.39 is 5.41 Å². The van der Waals surface area contributed by atoms with E-state index in [1.54, 1.807) is 0 Å². The molecule has 2 aliphatic carbocycles. The van der Waals surface area contributed by atoms with Crippen LogP contribution in [0.2, 0.25) is 0 Å². The first-order valence-corrected chi connectivity index (χ1v) is 7.22. The first-order chi connectivity index (χ1) is 8.88. The van der Waals surface area contributed by atoms with Crippen LogP contribution in [0.1, 0.15) is 46.5 Å². The largest absolute Gasteiger partial charge is 0.373 e. The Balaban J connectivity index is 1.98. The lowest BCUT2D eigenvalue weighted by molar-refractivity contribution is -0.174. The molecule has 3 aliphatic rings. The molecular weight excluding hydrogens is 238 g/mol. The van der Waals surface area contributed by atoms with Crippen LogP contribution in [0.25, 0.3) is 0 Å². The van der Waals surface area contributed by atoms with E-state index in [0.29, 0.717) is 17.6 Å². The number of nitrogens with zero attached hydrogens (tertiary/aromatic N) is 1. The average molecular weight is 259 g/mol. The van der Waals surface area contributed by atoms with E-state index in [-0.39, 0.29) is 17.3 Å². The maximum atomic E-state index is 12.4. The van der Waals surface area contributed by atoms with E-state index in [2.05, 4.69) is 13.0 Å². The van der Waals surface area contributed by atoms with Gasteiger partial charge >= 0.3 is 0 Å². The van der Waals surface area contributed by atoms with Crippen molar-refractivity contribution in [1.29, 1.82) is 5.26 Å². The quantitative estimate of drug-likeness (QED) is 0.727. The minimum Gasteiger partial charge on any atom is -0.373 e. The zero-order chi connectivity index (χ0) is 13.8. The number of hydrogen-bond acceptors (Lipinski definition) is 3. The number of allylic oxidation sites excluding steroid dienone is 1. The SMILES string of the molecule is CC1(C)C(=O)C(C#N)=C[C@]2(C)CC[C@@H](C3CC3)O[C@@H]12. The van der Waals surface area contributed by atoms with Gasteiger partial charge in [0.15, 0.2) is 5.78 Å². The molecule has 0 bridgehead atoms. The molecule has 0 aromatic rings. The van der Waals surface area contributed by atoms with Gasteiger partial charge in [0, 0.05) is 5.41 Å². The zero-order valence-electron chi connectivity index (χ0n) is 11.9. The highest BCUT2D eigenvalue weighted by atomic mass is 16.5. The Morgan fingerprint density at radius 3 is 2.58 bits per heavy atom. The van der Waals surface area contributed by atoms with Crippen molar-refractivity contribution in [2.75, 3.05) is 0 Å². The van der Waals surface area contributed by atoms with Crippen molar-refractivity contribution in [2.45, 2.75) is 58.7 Å². The first-order valence-electron chi connectivity index (χ1n) is 7.22. The Labute approximate surface area is 114 Å². The monoisotopic (exact) mass is 259 g/mol. The van der Waals surface area contributed by atoms with E-state index >= 15 is 0 Å². The highest BCUT2D eigenvalue weighted by Crippen LogP contribution is 2.53. The predicted octanol–water partition coefficient (Wildman–Crippen LogP) is 3.01. The second-order valence-corrected chi connectivity index (χ2v) is 7.16. The molecule has 1 aliphatic heterocycles. The van der Waals surface area contributed by atoms with Gasteiger partial charge in [-0.1, -0.05) is 13.0 Å². The average Bonchev–Trinajstić information content (AvgIpc) is 3.18. The summed E-state index contributed by atoms with van der Waals surface area (Å²) in [6, 6.07) is 2.07. The second-order valence-electron chi connectivity index (χ2n) is 7.16. The van der Waals surface area contributed by atoms with Crippen LogP contribution in [0.4, 0.5) is 0 Å². The maximum absolute atomic E-state index is 12.4. The summed E-state index contributed by atoms with van der Waals surface area (Å²) in [7, 11) is 0. The van der Waals surface area contributed by atoms with E-state index in [1.807, 2.05) is 19.9 Å². The number of nitriles is 1. The fourth-order valence-corrected chi connectivity index (χ4v) is 3.88. The lowest BCUT2D eigenvalue weighted by Gasteiger charge is -2.51. The van der Waals surface area contributed by atoms with Crippen molar-refractivity contribution in [1.82, 2.24) is 0 Å². The van der Waals surface area contributed by atoms with Gasteiger partial charge in [0.25, 0.3) is 0 Å². The van der Waals surface area contributed by atoms with E-state index in [0.717, 1.165) is 12.8 Å². The molecule has 0 unspecified atom stereocenters. The molecule has 1 heterocycles. The van der Waals surface area contributed by atoms with Gasteiger partial charge in [0.1, 0.15) is 6.07 Å². The van der Waals surface area contributed by atoms with Crippen LogP contribution in [0.15, 0.2) is 11.6 Å². The van der Waals surface area contributed by atoms with Gasteiger partial charge in [-0.2, -0.15) is 5.26 Å². The molecule has 3 atom stereocenters. The summed E-state index contributed by atoms with van der Waals surface area (Å²) < 4.78 is 6.32. The molecule has 0 radical (unpaired) electrons. The Bertz CT molecular complexity index is 495. The topological polar surface area (TPSA) is 50.1 Å². The summed E-state index contributed by atoms with van der Waals surface area (Å²) in [5.74, 6) is 0.644. The molecular formula is C16H21NO2. The third kappa shape index (κ3) is 1.85. The van der Waals surface area contributed by atoms with Crippen LogP contribution < -0.4 is 0 Å². The minimum absolute atomic E-state index is 0.0612. The molecule has 2 fully saturated rings. The Hall–Kier alpha value is -1.14. The molecule has 0 N–H and O–H groups in total. The van der Waals surface area contributed by atoms with Crippen LogP contribution in [0.3, 0.4) is 0 Å². The molecule has 0 aromatic heterocycles. The lowest BCUT2D eigenvalue weighted by Crippen LogP contribution is -2.56. The van der Waals surface area contributed by atoms with Crippen molar-refractivity contribution in [3.63, 3.8) is 0 Å². The molecule has 0 amide bonds. The molecule has 1 saturated heterocycles. The van der Waals surface area contributed by atoms with Crippen molar-refractivity contribution in [3.8, 4) is 6.07 Å². The molecule has 3 nitrogen and oxygen atoms in total. The number of carbonyl (C=O) groups is 1. The number of carbonyl (C=O) groups excluding carboxylic acids is 1. The fraction of sp³-hybridized carbons (Fsp3) is 0.750. The summed E-state index contributed by atoms with van der Waals surface area (Å²) in [5.41, 5.74) is -0.451. The minimum atomic E-state index is -0.595. The number of fused-ring (bicyclic) bond motifs is 1. The summed E-state index contributed by atoms with van der Waals surface area (Å²) >= 11 is 0. The van der Waals surface area contributed by atoms with Crippen LogP contribution in [0, 0.1) is 28.1 Å². The number of rotatable bonds is 1. The standard InChI is InChI=1S/C16H21NO2/c1-15(2)13(18)11(9-17)8-16(3)7-6-12(10-4-5-10)19-14(15)16/h8,10,12,14H,4-7H2,1-3H3/t12-,14-,16-/m0/s1. The van der Waals surface area contributed by atoms with Crippen molar-refractivity contribution < 1.29 is 9.53 Å². The molecule has 0 spiro atoms. The molecule has 3 heteroatoms. The summed E-state index contributed by atoms with van der Waals surface area (Å²) in [4.78, 5) is 12.4. The normalized spacial score (nSPS) is 41.2. The van der Waals surface area contributed by atoms with Crippen molar-refractivity contribution in [3.05, 3.63) is 11.6 Å². The van der Waals surface area contributed by atoms with Crippen LogP contribution in [-0.2, 0) is 9.53 Å². The first kappa shape index (κ1) is 12.9. The lowest BCUT2D eigenvalue weighted by atomic mass is 9.60. The van der Waals surface area contributed by atoms with Crippen LogP contribution in [0.5, 0.6) is 0 Å². The molecule has 19 heavy (non-hydrogen) atoms. The number of Topliss-reactive ketones (excluding diaryl/α,β-unsaturated/α-hetero) is 1. The summed E-state index contributed by atoms with van der Waals surface area (Å²) in [5, 5.41) is 9.17. The van der Waals surface area contributed by atoms with Gasteiger partial charge in [-0.25, -0.2) is 0 Å². The molecule has 3 rings (SSSR count). The molecule has 1 saturated carbocycles. The number of hydrogen-bond donors (Lipinski definition) is 0. The molecule has 0 aromatic carbocycles. The van der Waals surface area contributed by atoms with E-state index in [1.165, 1.54) is 12.8 Å². The fourth-order valence-electron chi connectivity index (χ4n) is 3.88. The highest BCUT2D eigenvalue weighted by Gasteiger charge is 2.56.